The molecule has 1 unspecified atom stereocenters. The molecule has 1 aliphatic carbocycles. The molecule has 1 aromatic rings. The second-order valence-electron chi connectivity index (χ2n) is 7.18. The monoisotopic (exact) mass is 302 g/mol. The predicted octanol–water partition coefficient (Wildman–Crippen LogP) is 1.67. The van der Waals surface area contributed by atoms with Crippen LogP contribution >= 0.6 is 0 Å². The first-order valence-corrected chi connectivity index (χ1v) is 8.25. The van der Waals surface area contributed by atoms with Crippen LogP contribution in [0.2, 0.25) is 0 Å². The first-order valence-electron chi connectivity index (χ1n) is 8.25. The number of nitrogens with one attached hydrogen (secondary N) is 2. The highest BCUT2D eigenvalue weighted by Crippen LogP contribution is 2.31. The molecule has 1 heterocycles. The van der Waals surface area contributed by atoms with Gasteiger partial charge in [0.05, 0.1) is 6.61 Å². The molecule has 22 heavy (non-hydrogen) atoms. The lowest BCUT2D eigenvalue weighted by molar-refractivity contribution is -0.136. The van der Waals surface area contributed by atoms with Crippen molar-refractivity contribution in [3.05, 3.63) is 35.4 Å². The third-order valence-electron chi connectivity index (χ3n) is 4.62. The van der Waals surface area contributed by atoms with Gasteiger partial charge >= 0.3 is 0 Å². The van der Waals surface area contributed by atoms with E-state index in [1.54, 1.807) is 0 Å². The number of hydrogen-bond donors (Lipinski definition) is 2. The molecule has 1 atom stereocenters. The van der Waals surface area contributed by atoms with Crippen molar-refractivity contribution >= 4 is 5.91 Å². The Hall–Kier alpha value is -1.39. The molecule has 1 aromatic carbocycles. The van der Waals surface area contributed by atoms with Gasteiger partial charge in [0.25, 0.3) is 5.91 Å². The van der Waals surface area contributed by atoms with Gasteiger partial charge in [-0.3, -0.25) is 4.79 Å². The molecule has 4 nitrogen and oxygen atoms in total. The standard InChI is InChI=1S/C18H26N2O2/c1-18(2,20-17(21)16-12-19-7-8-22-16)11-13-9-14-5-3-4-6-15(14)10-13/h3-6,13,16,19H,7-12H2,1-2H3,(H,20,21). The van der Waals surface area contributed by atoms with Crippen LogP contribution in [0.3, 0.4) is 0 Å². The maximum absolute atomic E-state index is 12.3. The zero-order valence-corrected chi connectivity index (χ0v) is 13.5. The molecule has 0 saturated carbocycles. The Labute approximate surface area is 132 Å². The van der Waals surface area contributed by atoms with Crippen molar-refractivity contribution in [2.24, 2.45) is 5.92 Å². The van der Waals surface area contributed by atoms with Gasteiger partial charge in [-0.1, -0.05) is 24.3 Å². The molecule has 0 bridgehead atoms. The number of amides is 1. The number of carbonyl (C=O) groups excluding carboxylic acids is 1. The van der Waals surface area contributed by atoms with Crippen LogP contribution in [-0.2, 0) is 22.4 Å². The summed E-state index contributed by atoms with van der Waals surface area (Å²) in [5.41, 5.74) is 2.73. The van der Waals surface area contributed by atoms with E-state index >= 15 is 0 Å². The first-order chi connectivity index (χ1) is 10.5. The molecular formula is C18H26N2O2. The van der Waals surface area contributed by atoms with Crippen molar-refractivity contribution in [3.63, 3.8) is 0 Å². The largest absolute Gasteiger partial charge is 0.366 e. The van der Waals surface area contributed by atoms with Crippen LogP contribution in [-0.4, -0.2) is 37.2 Å². The first kappa shape index (κ1) is 15.5. The third-order valence-corrected chi connectivity index (χ3v) is 4.62. The number of fused-ring (bicyclic) bond motifs is 1. The molecule has 1 aliphatic heterocycles. The van der Waals surface area contributed by atoms with Gasteiger partial charge in [-0.05, 0) is 50.2 Å². The van der Waals surface area contributed by atoms with Crippen LogP contribution < -0.4 is 10.6 Å². The van der Waals surface area contributed by atoms with Gasteiger partial charge in [-0.2, -0.15) is 0 Å². The van der Waals surface area contributed by atoms with E-state index in [0.29, 0.717) is 19.1 Å². The van der Waals surface area contributed by atoms with Crippen molar-refractivity contribution < 1.29 is 9.53 Å². The highest BCUT2D eigenvalue weighted by Gasteiger charge is 2.31. The molecule has 3 rings (SSSR count). The smallest absolute Gasteiger partial charge is 0.250 e. The molecule has 0 aromatic heterocycles. The maximum atomic E-state index is 12.3. The highest BCUT2D eigenvalue weighted by molar-refractivity contribution is 5.81. The van der Waals surface area contributed by atoms with Gasteiger partial charge in [0.2, 0.25) is 0 Å². The quantitative estimate of drug-likeness (QED) is 0.889. The van der Waals surface area contributed by atoms with Crippen molar-refractivity contribution in [1.82, 2.24) is 10.6 Å². The molecule has 0 spiro atoms. The van der Waals surface area contributed by atoms with Crippen LogP contribution in [0, 0.1) is 5.92 Å². The number of benzene rings is 1. The van der Waals surface area contributed by atoms with E-state index in [-0.39, 0.29) is 17.6 Å². The summed E-state index contributed by atoms with van der Waals surface area (Å²) in [5, 5.41) is 6.38. The average molecular weight is 302 g/mol. The number of carbonyl (C=O) groups is 1. The Kier molecular flexibility index (Phi) is 4.50. The summed E-state index contributed by atoms with van der Waals surface area (Å²) in [6.45, 7) is 6.27. The zero-order valence-electron chi connectivity index (χ0n) is 13.5. The van der Waals surface area contributed by atoms with Crippen molar-refractivity contribution in [2.75, 3.05) is 19.7 Å². The molecule has 0 radical (unpaired) electrons. The predicted molar refractivity (Wildman–Crippen MR) is 86.8 cm³/mol. The molecular weight excluding hydrogens is 276 g/mol. The van der Waals surface area contributed by atoms with Crippen LogP contribution in [0.25, 0.3) is 0 Å². The van der Waals surface area contributed by atoms with Crippen molar-refractivity contribution in [1.29, 1.82) is 0 Å². The van der Waals surface area contributed by atoms with E-state index in [4.69, 9.17) is 4.74 Å². The lowest BCUT2D eigenvalue weighted by Gasteiger charge is -2.32. The van der Waals surface area contributed by atoms with E-state index in [2.05, 4.69) is 48.7 Å². The van der Waals surface area contributed by atoms with Crippen LogP contribution in [0.15, 0.2) is 24.3 Å². The van der Waals surface area contributed by atoms with Crippen LogP contribution in [0.4, 0.5) is 0 Å². The van der Waals surface area contributed by atoms with E-state index in [0.717, 1.165) is 25.8 Å². The Morgan fingerprint density at radius 2 is 2.00 bits per heavy atom. The summed E-state index contributed by atoms with van der Waals surface area (Å²) in [6.07, 6.45) is 2.88. The summed E-state index contributed by atoms with van der Waals surface area (Å²) in [4.78, 5) is 12.3. The summed E-state index contributed by atoms with van der Waals surface area (Å²) in [7, 11) is 0. The van der Waals surface area contributed by atoms with Gasteiger partial charge < -0.3 is 15.4 Å². The average Bonchev–Trinajstić information content (AvgIpc) is 2.88. The van der Waals surface area contributed by atoms with Crippen molar-refractivity contribution in [3.8, 4) is 0 Å². The van der Waals surface area contributed by atoms with E-state index < -0.39 is 0 Å². The molecule has 1 amide bonds. The minimum Gasteiger partial charge on any atom is -0.366 e. The van der Waals surface area contributed by atoms with Gasteiger partial charge in [0.1, 0.15) is 6.10 Å². The minimum atomic E-state index is -0.353. The van der Waals surface area contributed by atoms with Crippen LogP contribution in [0.5, 0.6) is 0 Å². The fourth-order valence-electron chi connectivity index (χ4n) is 3.71. The summed E-state index contributed by atoms with van der Waals surface area (Å²) in [6, 6.07) is 8.67. The lowest BCUT2D eigenvalue weighted by atomic mass is 9.88. The molecule has 2 N–H and O–H groups in total. The minimum absolute atomic E-state index is 0.00714. The van der Waals surface area contributed by atoms with Gasteiger partial charge in [0.15, 0.2) is 0 Å². The highest BCUT2D eigenvalue weighted by atomic mass is 16.5. The Morgan fingerprint density at radius 1 is 1.32 bits per heavy atom. The second-order valence-corrected chi connectivity index (χ2v) is 7.18. The third kappa shape index (κ3) is 3.68. The van der Waals surface area contributed by atoms with Crippen molar-refractivity contribution in [2.45, 2.75) is 44.8 Å². The van der Waals surface area contributed by atoms with Gasteiger partial charge in [-0.15, -0.1) is 0 Å². The normalized spacial score (nSPS) is 22.4. The lowest BCUT2D eigenvalue weighted by Crippen LogP contribution is -2.54. The molecule has 2 aliphatic rings. The number of morpholine rings is 1. The Morgan fingerprint density at radius 3 is 2.59 bits per heavy atom. The summed E-state index contributed by atoms with van der Waals surface area (Å²) >= 11 is 0. The summed E-state index contributed by atoms with van der Waals surface area (Å²) in [5.74, 6) is 0.616. The molecule has 120 valence electrons. The van der Waals surface area contributed by atoms with E-state index in [1.165, 1.54) is 11.1 Å². The maximum Gasteiger partial charge on any atom is 0.250 e. The van der Waals surface area contributed by atoms with Gasteiger partial charge in [-0.25, -0.2) is 0 Å². The SMILES string of the molecule is CC(C)(CC1Cc2ccccc2C1)NC(=O)C1CNCCO1. The van der Waals surface area contributed by atoms with E-state index in [9.17, 15) is 4.79 Å². The van der Waals surface area contributed by atoms with E-state index in [1.807, 2.05) is 0 Å². The number of rotatable bonds is 4. The Balaban J connectivity index is 1.54. The second kappa shape index (κ2) is 6.39. The topological polar surface area (TPSA) is 50.4 Å². The molecule has 4 heteroatoms. The molecule has 1 fully saturated rings. The summed E-state index contributed by atoms with van der Waals surface area (Å²) < 4.78 is 5.53. The fraction of sp³-hybridized carbons (Fsp3) is 0.611. The van der Waals surface area contributed by atoms with Gasteiger partial charge in [0, 0.05) is 18.6 Å². The fourth-order valence-corrected chi connectivity index (χ4v) is 3.71. The number of ether oxygens (including phenoxy) is 1. The number of hydrogen-bond acceptors (Lipinski definition) is 3. The van der Waals surface area contributed by atoms with Crippen LogP contribution in [0.1, 0.15) is 31.4 Å². The Bertz CT molecular complexity index is 511. The molecule has 1 saturated heterocycles. The zero-order chi connectivity index (χ0) is 15.6.